The summed E-state index contributed by atoms with van der Waals surface area (Å²) in [5.41, 5.74) is 2.23. The standard InChI is InChI=1S/C21H32N6O2S.HI/c1-4-22-21(23-12-11-17-7-9-20(10-8-17)30(3,28)29)25-18-6-5-13-27(15-18)19-14-24-26(2)16-19;/h7-10,14,16,18H,4-6,11-13,15H2,1-3H3,(H2,22,23,25);1H. The highest BCUT2D eigenvalue weighted by Crippen LogP contribution is 2.19. The van der Waals surface area contributed by atoms with Gasteiger partial charge in [0.2, 0.25) is 0 Å². The minimum atomic E-state index is -3.16. The van der Waals surface area contributed by atoms with Crippen LogP contribution in [0.1, 0.15) is 25.3 Å². The van der Waals surface area contributed by atoms with Crippen LogP contribution in [0.3, 0.4) is 0 Å². The molecule has 2 heterocycles. The highest BCUT2D eigenvalue weighted by Gasteiger charge is 2.21. The van der Waals surface area contributed by atoms with E-state index in [2.05, 4.69) is 33.8 Å². The lowest BCUT2D eigenvalue weighted by molar-refractivity contribution is 0.468. The number of nitrogens with one attached hydrogen (secondary N) is 2. The quantitative estimate of drug-likeness (QED) is 0.307. The number of hydrogen-bond acceptors (Lipinski definition) is 5. The normalized spacial score (nSPS) is 17.2. The zero-order valence-electron chi connectivity index (χ0n) is 18.4. The lowest BCUT2D eigenvalue weighted by Crippen LogP contribution is -2.51. The minimum Gasteiger partial charge on any atom is -0.367 e. The van der Waals surface area contributed by atoms with Crippen LogP contribution in [0.4, 0.5) is 5.69 Å². The summed E-state index contributed by atoms with van der Waals surface area (Å²) in [4.78, 5) is 7.43. The summed E-state index contributed by atoms with van der Waals surface area (Å²) >= 11 is 0. The Morgan fingerprint density at radius 1 is 1.29 bits per heavy atom. The molecule has 1 saturated heterocycles. The molecule has 3 rings (SSSR count). The number of hydrogen-bond donors (Lipinski definition) is 2. The van der Waals surface area contributed by atoms with Crippen molar-refractivity contribution in [2.45, 2.75) is 37.1 Å². The van der Waals surface area contributed by atoms with Crippen molar-refractivity contribution in [2.75, 3.05) is 37.3 Å². The van der Waals surface area contributed by atoms with Crippen molar-refractivity contribution < 1.29 is 8.42 Å². The number of aromatic nitrogens is 2. The van der Waals surface area contributed by atoms with E-state index in [1.165, 1.54) is 6.26 Å². The first kappa shape index (κ1) is 25.4. The van der Waals surface area contributed by atoms with Gasteiger partial charge in [-0.15, -0.1) is 24.0 Å². The molecule has 0 bridgehead atoms. The molecule has 31 heavy (non-hydrogen) atoms. The molecule has 2 N–H and O–H groups in total. The van der Waals surface area contributed by atoms with Crippen LogP contribution in [0.2, 0.25) is 0 Å². The van der Waals surface area contributed by atoms with Crippen molar-refractivity contribution in [2.24, 2.45) is 12.0 Å². The molecule has 1 aliphatic rings. The second kappa shape index (κ2) is 11.7. The lowest BCUT2D eigenvalue weighted by Gasteiger charge is -2.34. The third-order valence-electron chi connectivity index (χ3n) is 5.18. The van der Waals surface area contributed by atoms with E-state index >= 15 is 0 Å². The van der Waals surface area contributed by atoms with Crippen LogP contribution in [0.25, 0.3) is 0 Å². The molecular weight excluding hydrogens is 527 g/mol. The van der Waals surface area contributed by atoms with E-state index in [1.807, 2.05) is 30.1 Å². The van der Waals surface area contributed by atoms with Crippen LogP contribution in [-0.4, -0.2) is 62.6 Å². The van der Waals surface area contributed by atoms with Gasteiger partial charge in [0.1, 0.15) is 0 Å². The molecule has 0 aliphatic carbocycles. The average molecular weight is 561 g/mol. The van der Waals surface area contributed by atoms with E-state index in [0.717, 1.165) is 56.1 Å². The number of benzene rings is 1. The van der Waals surface area contributed by atoms with E-state index in [9.17, 15) is 8.42 Å². The van der Waals surface area contributed by atoms with Gasteiger partial charge >= 0.3 is 0 Å². The van der Waals surface area contributed by atoms with Crippen LogP contribution in [0.15, 0.2) is 46.5 Å². The van der Waals surface area contributed by atoms with Gasteiger partial charge in [-0.05, 0) is 43.9 Å². The molecule has 8 nitrogen and oxygen atoms in total. The molecule has 172 valence electrons. The van der Waals surface area contributed by atoms with Gasteiger partial charge in [0, 0.05) is 51.7 Å². The predicted octanol–water partition coefficient (Wildman–Crippen LogP) is 2.21. The predicted molar refractivity (Wildman–Crippen MR) is 136 cm³/mol. The highest BCUT2D eigenvalue weighted by molar-refractivity contribution is 14.0. The van der Waals surface area contributed by atoms with Gasteiger partial charge in [-0.2, -0.15) is 5.10 Å². The molecule has 2 aromatic rings. The molecule has 1 fully saturated rings. The zero-order valence-corrected chi connectivity index (χ0v) is 21.6. The Kier molecular flexibility index (Phi) is 9.60. The van der Waals surface area contributed by atoms with Gasteiger partial charge in [-0.25, -0.2) is 8.42 Å². The van der Waals surface area contributed by atoms with Crippen molar-refractivity contribution in [3.05, 3.63) is 42.2 Å². The van der Waals surface area contributed by atoms with Gasteiger partial charge in [0.05, 0.1) is 16.8 Å². The molecule has 10 heteroatoms. The smallest absolute Gasteiger partial charge is 0.191 e. The van der Waals surface area contributed by atoms with Gasteiger partial charge in [0.15, 0.2) is 15.8 Å². The third kappa shape index (κ3) is 7.67. The summed E-state index contributed by atoms with van der Waals surface area (Å²) in [6.07, 6.45) is 8.18. The Balaban J connectivity index is 0.00000341. The molecule has 0 amide bonds. The summed E-state index contributed by atoms with van der Waals surface area (Å²) in [7, 11) is -1.22. The van der Waals surface area contributed by atoms with E-state index in [1.54, 1.807) is 12.1 Å². The van der Waals surface area contributed by atoms with Crippen molar-refractivity contribution in [1.82, 2.24) is 20.4 Å². The molecule has 0 radical (unpaired) electrons. The summed E-state index contributed by atoms with van der Waals surface area (Å²) in [6.45, 7) is 5.45. The van der Waals surface area contributed by atoms with E-state index < -0.39 is 9.84 Å². The van der Waals surface area contributed by atoms with Gasteiger partial charge in [-0.1, -0.05) is 12.1 Å². The Hall–Kier alpha value is -1.82. The molecular formula is C21H33IN6O2S. The largest absolute Gasteiger partial charge is 0.367 e. The maximum Gasteiger partial charge on any atom is 0.191 e. The fourth-order valence-corrected chi connectivity index (χ4v) is 4.25. The van der Waals surface area contributed by atoms with Crippen molar-refractivity contribution >= 4 is 45.5 Å². The van der Waals surface area contributed by atoms with Gasteiger partial charge in [0.25, 0.3) is 0 Å². The zero-order chi connectivity index (χ0) is 21.6. The number of aryl methyl sites for hydroxylation is 1. The lowest BCUT2D eigenvalue weighted by atomic mass is 10.1. The molecule has 1 aromatic carbocycles. The van der Waals surface area contributed by atoms with Crippen LogP contribution in [-0.2, 0) is 23.3 Å². The van der Waals surface area contributed by atoms with Crippen LogP contribution < -0.4 is 15.5 Å². The molecule has 1 aromatic heterocycles. The number of piperidine rings is 1. The maximum absolute atomic E-state index is 11.6. The molecule has 1 aliphatic heterocycles. The van der Waals surface area contributed by atoms with E-state index in [-0.39, 0.29) is 24.0 Å². The van der Waals surface area contributed by atoms with Crippen molar-refractivity contribution in [3.8, 4) is 0 Å². The maximum atomic E-state index is 11.6. The Labute approximate surface area is 202 Å². The monoisotopic (exact) mass is 560 g/mol. The van der Waals surface area contributed by atoms with E-state index in [4.69, 9.17) is 4.99 Å². The van der Waals surface area contributed by atoms with Gasteiger partial charge < -0.3 is 15.5 Å². The molecule has 1 unspecified atom stereocenters. The fourth-order valence-electron chi connectivity index (χ4n) is 3.61. The first-order chi connectivity index (χ1) is 14.3. The summed E-state index contributed by atoms with van der Waals surface area (Å²) in [5, 5.41) is 11.2. The molecule has 1 atom stereocenters. The number of rotatable bonds is 7. The van der Waals surface area contributed by atoms with Gasteiger partial charge in [-0.3, -0.25) is 9.67 Å². The molecule has 0 spiro atoms. The number of halogens is 1. The SMILES string of the molecule is CCNC(=NCCc1ccc(S(C)(=O)=O)cc1)NC1CCCN(c2cnn(C)c2)C1.I. The second-order valence-electron chi connectivity index (χ2n) is 7.73. The number of guanidine groups is 1. The first-order valence-corrected chi connectivity index (χ1v) is 12.3. The van der Waals surface area contributed by atoms with E-state index in [0.29, 0.717) is 17.5 Å². The molecule has 0 saturated carbocycles. The van der Waals surface area contributed by atoms with Crippen LogP contribution in [0, 0.1) is 0 Å². The number of aliphatic imine (C=N–C) groups is 1. The summed E-state index contributed by atoms with van der Waals surface area (Å²) in [5.74, 6) is 0.822. The van der Waals surface area contributed by atoms with Crippen LogP contribution >= 0.6 is 24.0 Å². The highest BCUT2D eigenvalue weighted by atomic mass is 127. The Bertz CT molecular complexity index is 959. The topological polar surface area (TPSA) is 91.6 Å². The summed E-state index contributed by atoms with van der Waals surface area (Å²) < 4.78 is 25.0. The number of nitrogens with zero attached hydrogens (tertiary/aromatic N) is 4. The second-order valence-corrected chi connectivity index (χ2v) is 9.74. The van der Waals surface area contributed by atoms with Crippen molar-refractivity contribution in [1.29, 1.82) is 0 Å². The number of sulfone groups is 1. The number of anilines is 1. The Morgan fingerprint density at radius 2 is 2.03 bits per heavy atom. The minimum absolute atomic E-state index is 0. The van der Waals surface area contributed by atoms with Crippen LogP contribution in [0.5, 0.6) is 0 Å². The average Bonchev–Trinajstić information content (AvgIpc) is 3.14. The van der Waals surface area contributed by atoms with Crippen molar-refractivity contribution in [3.63, 3.8) is 0 Å². The third-order valence-corrected chi connectivity index (χ3v) is 6.31. The first-order valence-electron chi connectivity index (χ1n) is 10.4. The Morgan fingerprint density at radius 3 is 2.65 bits per heavy atom. The fraction of sp³-hybridized carbons (Fsp3) is 0.524. The summed E-state index contributed by atoms with van der Waals surface area (Å²) in [6, 6.07) is 7.36.